The van der Waals surface area contributed by atoms with Gasteiger partial charge in [0, 0.05) is 6.54 Å². The minimum Gasteiger partial charge on any atom is -0.438 e. The molecular weight excluding hydrogens is 324 g/mol. The molecule has 2 N–H and O–H groups in total. The third kappa shape index (κ3) is 2.79. The Morgan fingerprint density at radius 1 is 1.21 bits per heavy atom. The van der Waals surface area contributed by atoms with Crippen LogP contribution in [0.5, 0.6) is 0 Å². The molecule has 122 valence electrons. The number of fused-ring (bicyclic) bond motifs is 1. The molecule has 6 nitrogen and oxygen atoms in total. The van der Waals surface area contributed by atoms with Crippen LogP contribution in [0.4, 0.5) is 5.95 Å². The SMILES string of the molecule is OCCNc1nc2ccccc2n1Cc1ncc(-c2cccs2)o1. The van der Waals surface area contributed by atoms with Crippen molar-refractivity contribution in [2.75, 3.05) is 18.5 Å². The molecule has 0 aliphatic rings. The van der Waals surface area contributed by atoms with E-state index < -0.39 is 0 Å². The van der Waals surface area contributed by atoms with E-state index in [0.717, 1.165) is 21.7 Å². The second kappa shape index (κ2) is 6.46. The quantitative estimate of drug-likeness (QED) is 0.564. The van der Waals surface area contributed by atoms with Gasteiger partial charge in [-0.05, 0) is 23.6 Å². The number of aromatic nitrogens is 3. The van der Waals surface area contributed by atoms with Gasteiger partial charge in [0.25, 0.3) is 0 Å². The number of nitrogens with one attached hydrogen (secondary N) is 1. The standard InChI is InChI=1S/C17H16N4O2S/c22-8-7-18-17-20-12-4-1-2-5-13(12)21(17)11-16-19-10-14(23-16)15-6-3-9-24-15/h1-6,9-10,22H,7-8,11H2,(H,18,20). The Hall–Kier alpha value is -2.64. The van der Waals surface area contributed by atoms with Gasteiger partial charge in [-0.1, -0.05) is 18.2 Å². The minimum atomic E-state index is 0.0464. The number of hydrogen-bond donors (Lipinski definition) is 2. The highest BCUT2D eigenvalue weighted by Crippen LogP contribution is 2.26. The van der Waals surface area contributed by atoms with Crippen LogP contribution in [0.2, 0.25) is 0 Å². The zero-order valence-electron chi connectivity index (χ0n) is 12.8. The highest BCUT2D eigenvalue weighted by molar-refractivity contribution is 7.13. The normalized spacial score (nSPS) is 11.2. The average Bonchev–Trinajstić information content (AvgIpc) is 3.33. The second-order valence-corrected chi connectivity index (χ2v) is 6.20. The van der Waals surface area contributed by atoms with Crippen LogP contribution in [0.25, 0.3) is 21.7 Å². The van der Waals surface area contributed by atoms with E-state index in [9.17, 15) is 0 Å². The maximum atomic E-state index is 9.06. The Kier molecular flexibility index (Phi) is 4.02. The first-order valence-corrected chi connectivity index (χ1v) is 8.51. The molecule has 0 aliphatic heterocycles. The fourth-order valence-corrected chi connectivity index (χ4v) is 3.26. The van der Waals surface area contributed by atoms with Crippen molar-refractivity contribution in [2.45, 2.75) is 6.54 Å². The number of anilines is 1. The molecule has 0 bridgehead atoms. The van der Waals surface area contributed by atoms with Crippen molar-refractivity contribution >= 4 is 28.3 Å². The third-order valence-electron chi connectivity index (χ3n) is 3.66. The Balaban J connectivity index is 1.68. The molecule has 0 radical (unpaired) electrons. The molecule has 24 heavy (non-hydrogen) atoms. The Morgan fingerprint density at radius 2 is 2.12 bits per heavy atom. The number of imidazole rings is 1. The number of aliphatic hydroxyl groups excluding tert-OH is 1. The van der Waals surface area contributed by atoms with Crippen molar-refractivity contribution in [3.8, 4) is 10.6 Å². The van der Waals surface area contributed by atoms with Gasteiger partial charge in [0.15, 0.2) is 5.76 Å². The largest absolute Gasteiger partial charge is 0.438 e. The average molecular weight is 340 g/mol. The molecular formula is C17H16N4O2S. The fraction of sp³-hybridized carbons (Fsp3) is 0.176. The smallest absolute Gasteiger partial charge is 0.215 e. The number of oxazole rings is 1. The van der Waals surface area contributed by atoms with Crippen molar-refractivity contribution in [1.29, 1.82) is 0 Å². The molecule has 0 fully saturated rings. The van der Waals surface area contributed by atoms with Gasteiger partial charge in [-0.25, -0.2) is 9.97 Å². The number of hydrogen-bond acceptors (Lipinski definition) is 6. The van der Waals surface area contributed by atoms with E-state index in [1.165, 1.54) is 0 Å². The van der Waals surface area contributed by atoms with Crippen molar-refractivity contribution in [2.24, 2.45) is 0 Å². The van der Waals surface area contributed by atoms with Crippen LogP contribution in [-0.2, 0) is 6.54 Å². The summed E-state index contributed by atoms with van der Waals surface area (Å²) in [4.78, 5) is 10.0. The van der Waals surface area contributed by atoms with Gasteiger partial charge in [-0.2, -0.15) is 0 Å². The third-order valence-corrected chi connectivity index (χ3v) is 4.54. The molecule has 1 aromatic carbocycles. The predicted octanol–water partition coefficient (Wildman–Crippen LogP) is 3.21. The molecule has 0 atom stereocenters. The van der Waals surface area contributed by atoms with Gasteiger partial charge in [0.05, 0.1) is 28.7 Å². The zero-order valence-corrected chi connectivity index (χ0v) is 13.7. The van der Waals surface area contributed by atoms with Gasteiger partial charge in [0.2, 0.25) is 11.8 Å². The summed E-state index contributed by atoms with van der Waals surface area (Å²) in [6, 6.07) is 11.9. The van der Waals surface area contributed by atoms with Crippen molar-refractivity contribution < 1.29 is 9.52 Å². The lowest BCUT2D eigenvalue weighted by molar-refractivity contribution is 0.310. The van der Waals surface area contributed by atoms with E-state index in [2.05, 4.69) is 15.3 Å². The Labute approximate surface area is 142 Å². The predicted molar refractivity (Wildman–Crippen MR) is 94.2 cm³/mol. The Morgan fingerprint density at radius 3 is 2.96 bits per heavy atom. The summed E-state index contributed by atoms with van der Waals surface area (Å²) in [5.41, 5.74) is 1.89. The van der Waals surface area contributed by atoms with Crippen LogP contribution in [0.1, 0.15) is 5.89 Å². The molecule has 0 aliphatic carbocycles. The first kappa shape index (κ1) is 14.9. The summed E-state index contributed by atoms with van der Waals surface area (Å²) in [5.74, 6) is 2.09. The summed E-state index contributed by atoms with van der Waals surface area (Å²) in [6.07, 6.45) is 1.75. The monoisotopic (exact) mass is 340 g/mol. The highest BCUT2D eigenvalue weighted by atomic mass is 32.1. The molecule has 3 aromatic heterocycles. The van der Waals surface area contributed by atoms with Crippen LogP contribution >= 0.6 is 11.3 Å². The van der Waals surface area contributed by atoms with Crippen LogP contribution < -0.4 is 5.32 Å². The maximum Gasteiger partial charge on any atom is 0.215 e. The molecule has 4 rings (SSSR count). The molecule has 0 spiro atoms. The number of para-hydroxylation sites is 2. The van der Waals surface area contributed by atoms with Crippen LogP contribution in [0.15, 0.2) is 52.4 Å². The van der Waals surface area contributed by atoms with Gasteiger partial charge in [0.1, 0.15) is 6.54 Å². The number of thiophene rings is 1. The van der Waals surface area contributed by atoms with Gasteiger partial charge < -0.3 is 19.4 Å². The Bertz CT molecular complexity index is 943. The summed E-state index contributed by atoms with van der Waals surface area (Å²) < 4.78 is 7.89. The van der Waals surface area contributed by atoms with Gasteiger partial charge in [-0.3, -0.25) is 0 Å². The number of nitrogens with zero attached hydrogens (tertiary/aromatic N) is 3. The first-order valence-electron chi connectivity index (χ1n) is 7.64. The van der Waals surface area contributed by atoms with E-state index in [1.807, 2.05) is 46.3 Å². The lowest BCUT2D eigenvalue weighted by Crippen LogP contribution is -2.12. The number of benzene rings is 1. The summed E-state index contributed by atoms with van der Waals surface area (Å²) in [6.45, 7) is 0.958. The molecule has 0 amide bonds. The van der Waals surface area contributed by atoms with E-state index in [-0.39, 0.29) is 6.61 Å². The van der Waals surface area contributed by atoms with Gasteiger partial charge >= 0.3 is 0 Å². The van der Waals surface area contributed by atoms with E-state index in [1.54, 1.807) is 17.5 Å². The number of rotatable bonds is 6. The lowest BCUT2D eigenvalue weighted by atomic mass is 10.3. The summed E-state index contributed by atoms with van der Waals surface area (Å²) in [7, 11) is 0. The zero-order chi connectivity index (χ0) is 16.4. The van der Waals surface area contributed by atoms with Crippen molar-refractivity contribution in [3.05, 3.63) is 53.9 Å². The lowest BCUT2D eigenvalue weighted by Gasteiger charge is -2.08. The van der Waals surface area contributed by atoms with E-state index in [4.69, 9.17) is 9.52 Å². The van der Waals surface area contributed by atoms with Crippen LogP contribution in [0.3, 0.4) is 0 Å². The summed E-state index contributed by atoms with van der Waals surface area (Å²) >= 11 is 1.62. The molecule has 4 aromatic rings. The molecule has 0 saturated carbocycles. The molecule has 0 unspecified atom stereocenters. The molecule has 3 heterocycles. The molecule has 7 heteroatoms. The minimum absolute atomic E-state index is 0.0464. The number of aliphatic hydroxyl groups is 1. The maximum absolute atomic E-state index is 9.06. The second-order valence-electron chi connectivity index (χ2n) is 5.26. The molecule has 0 saturated heterocycles. The van der Waals surface area contributed by atoms with Crippen LogP contribution in [0, 0.1) is 0 Å². The highest BCUT2D eigenvalue weighted by Gasteiger charge is 2.14. The topological polar surface area (TPSA) is 76.1 Å². The van der Waals surface area contributed by atoms with Crippen molar-refractivity contribution in [3.63, 3.8) is 0 Å². The van der Waals surface area contributed by atoms with Crippen molar-refractivity contribution in [1.82, 2.24) is 14.5 Å². The van der Waals surface area contributed by atoms with Gasteiger partial charge in [-0.15, -0.1) is 11.3 Å². The van der Waals surface area contributed by atoms with E-state index >= 15 is 0 Å². The fourth-order valence-electron chi connectivity index (χ4n) is 2.59. The van der Waals surface area contributed by atoms with E-state index in [0.29, 0.717) is 24.9 Å². The first-order chi connectivity index (χ1) is 11.8. The summed E-state index contributed by atoms with van der Waals surface area (Å²) in [5, 5.41) is 14.2. The van der Waals surface area contributed by atoms with Crippen LogP contribution in [-0.4, -0.2) is 32.8 Å².